The van der Waals surface area contributed by atoms with E-state index in [1.165, 1.54) is 4.31 Å². The number of ether oxygens (including phenoxy) is 1. The zero-order valence-electron chi connectivity index (χ0n) is 19.7. The molecule has 0 radical (unpaired) electrons. The summed E-state index contributed by atoms with van der Waals surface area (Å²) in [5.74, 6) is 0.517. The van der Waals surface area contributed by atoms with Crippen LogP contribution in [0.3, 0.4) is 0 Å². The van der Waals surface area contributed by atoms with Crippen molar-refractivity contribution in [1.29, 1.82) is 0 Å². The lowest BCUT2D eigenvalue weighted by Gasteiger charge is -2.34. The molecule has 3 aromatic rings. The number of aliphatic hydroxyl groups is 1. The van der Waals surface area contributed by atoms with E-state index in [9.17, 15) is 18.3 Å². The number of hydrogen-bond acceptors (Lipinski definition) is 6. The van der Waals surface area contributed by atoms with E-state index in [4.69, 9.17) is 4.74 Å². The van der Waals surface area contributed by atoms with Crippen LogP contribution in [0.2, 0.25) is 0 Å². The summed E-state index contributed by atoms with van der Waals surface area (Å²) < 4.78 is 32.9. The first-order valence-electron chi connectivity index (χ1n) is 11.6. The number of carbonyl (C=O) groups excluding carboxylic acids is 1. The lowest BCUT2D eigenvalue weighted by atomic mass is 10.0. The Balaban J connectivity index is 1.23. The van der Waals surface area contributed by atoms with Gasteiger partial charge in [0.2, 0.25) is 10.0 Å². The number of aryl methyl sites for hydroxylation is 1. The normalized spacial score (nSPS) is 16.1. The Kier molecular flexibility index (Phi) is 7.97. The fourth-order valence-electron chi connectivity index (χ4n) is 4.01. The third kappa shape index (κ3) is 6.35. The number of rotatable bonds is 9. The van der Waals surface area contributed by atoms with Gasteiger partial charge in [-0.05, 0) is 43.3 Å². The molecule has 1 aliphatic rings. The van der Waals surface area contributed by atoms with E-state index >= 15 is 0 Å². The largest absolute Gasteiger partial charge is 0.491 e. The summed E-state index contributed by atoms with van der Waals surface area (Å²) in [7, 11) is -3.51. The molecule has 4 rings (SSSR count). The molecule has 1 atom stereocenters. The molecule has 184 valence electrons. The number of aliphatic hydroxyl groups excluding tert-OH is 1. The van der Waals surface area contributed by atoms with Crippen LogP contribution in [0, 0.1) is 6.92 Å². The number of carbonyl (C=O) groups is 1. The van der Waals surface area contributed by atoms with Crippen molar-refractivity contribution in [1.82, 2.24) is 9.21 Å². The highest BCUT2D eigenvalue weighted by molar-refractivity contribution is 7.89. The fourth-order valence-corrected chi connectivity index (χ4v) is 5.44. The van der Waals surface area contributed by atoms with Crippen LogP contribution in [0.4, 0.5) is 0 Å². The molecule has 1 aliphatic heterocycles. The van der Waals surface area contributed by atoms with Crippen molar-refractivity contribution in [3.63, 3.8) is 0 Å². The summed E-state index contributed by atoms with van der Waals surface area (Å²) in [5, 5.41) is 10.4. The van der Waals surface area contributed by atoms with Gasteiger partial charge in [-0.2, -0.15) is 4.31 Å². The van der Waals surface area contributed by atoms with Crippen LogP contribution in [0.15, 0.2) is 83.8 Å². The second kappa shape index (κ2) is 11.1. The maximum Gasteiger partial charge on any atom is 0.243 e. The van der Waals surface area contributed by atoms with Gasteiger partial charge >= 0.3 is 0 Å². The van der Waals surface area contributed by atoms with Gasteiger partial charge in [-0.1, -0.05) is 48.0 Å². The third-order valence-electron chi connectivity index (χ3n) is 6.05. The molecule has 0 amide bonds. The van der Waals surface area contributed by atoms with Gasteiger partial charge < -0.3 is 9.84 Å². The lowest BCUT2D eigenvalue weighted by Crippen LogP contribution is -2.50. The van der Waals surface area contributed by atoms with Crippen molar-refractivity contribution in [2.24, 2.45) is 0 Å². The number of sulfonamides is 1. The van der Waals surface area contributed by atoms with Gasteiger partial charge in [-0.3, -0.25) is 9.69 Å². The number of nitrogens with zero attached hydrogens (tertiary/aromatic N) is 2. The highest BCUT2D eigenvalue weighted by Crippen LogP contribution is 2.19. The van der Waals surface area contributed by atoms with Crippen LogP contribution >= 0.6 is 0 Å². The van der Waals surface area contributed by atoms with E-state index in [2.05, 4.69) is 0 Å². The van der Waals surface area contributed by atoms with Crippen molar-refractivity contribution in [2.75, 3.05) is 39.3 Å². The van der Waals surface area contributed by atoms with E-state index in [0.29, 0.717) is 54.5 Å². The van der Waals surface area contributed by atoms with Crippen molar-refractivity contribution >= 4 is 15.8 Å². The number of β-amino-alcohol motifs (C(OH)–C–C–N with tert-alkyl or cyclic N) is 1. The van der Waals surface area contributed by atoms with Crippen LogP contribution in [0.1, 0.15) is 21.5 Å². The molecule has 1 fully saturated rings. The molecule has 0 bridgehead atoms. The molecular weight excluding hydrogens is 464 g/mol. The smallest absolute Gasteiger partial charge is 0.243 e. The van der Waals surface area contributed by atoms with Gasteiger partial charge in [0.25, 0.3) is 0 Å². The maximum absolute atomic E-state index is 12.9. The van der Waals surface area contributed by atoms with Crippen molar-refractivity contribution in [2.45, 2.75) is 17.9 Å². The minimum Gasteiger partial charge on any atom is -0.491 e. The van der Waals surface area contributed by atoms with Crippen molar-refractivity contribution in [3.05, 3.63) is 95.6 Å². The van der Waals surface area contributed by atoms with E-state index < -0.39 is 16.1 Å². The number of piperazine rings is 1. The zero-order valence-corrected chi connectivity index (χ0v) is 20.5. The van der Waals surface area contributed by atoms with Gasteiger partial charge in [-0.25, -0.2) is 8.42 Å². The molecule has 0 aromatic heterocycles. The Bertz CT molecular complexity index is 1220. The summed E-state index contributed by atoms with van der Waals surface area (Å²) in [4.78, 5) is 14.8. The second-order valence-corrected chi connectivity index (χ2v) is 10.6. The minimum absolute atomic E-state index is 0.0549. The lowest BCUT2D eigenvalue weighted by molar-refractivity contribution is 0.0569. The summed E-state index contributed by atoms with van der Waals surface area (Å²) in [6.07, 6.45) is -0.721. The van der Waals surface area contributed by atoms with Crippen LogP contribution in [0.5, 0.6) is 5.75 Å². The SMILES string of the molecule is Cc1ccc(S(=O)(=O)N2CCN(C[C@H](O)COc3ccc(C(=O)c4ccccc4)cc3)CC2)cc1. The molecular formula is C27H30N2O5S. The maximum atomic E-state index is 12.9. The summed E-state index contributed by atoms with van der Waals surface area (Å²) in [6, 6.07) is 22.8. The molecule has 1 N–H and O–H groups in total. The molecule has 0 saturated carbocycles. The molecule has 0 spiro atoms. The molecule has 0 aliphatic carbocycles. The second-order valence-electron chi connectivity index (χ2n) is 8.70. The quantitative estimate of drug-likeness (QED) is 0.460. The molecule has 3 aromatic carbocycles. The molecule has 1 heterocycles. The average molecular weight is 495 g/mol. The van der Waals surface area contributed by atoms with Crippen molar-refractivity contribution < 1.29 is 23.1 Å². The van der Waals surface area contributed by atoms with E-state index in [1.807, 2.05) is 30.0 Å². The van der Waals surface area contributed by atoms with Gasteiger partial charge in [0, 0.05) is 43.9 Å². The van der Waals surface area contributed by atoms with Crippen LogP contribution < -0.4 is 4.74 Å². The number of hydrogen-bond donors (Lipinski definition) is 1. The van der Waals surface area contributed by atoms with Gasteiger partial charge in [0.15, 0.2) is 5.78 Å². The minimum atomic E-state index is -3.51. The Labute approximate surface area is 206 Å². The van der Waals surface area contributed by atoms with Gasteiger partial charge in [0.05, 0.1) is 4.90 Å². The first-order chi connectivity index (χ1) is 16.8. The summed E-state index contributed by atoms with van der Waals surface area (Å²) in [6.45, 7) is 4.25. The molecule has 35 heavy (non-hydrogen) atoms. The topological polar surface area (TPSA) is 87.2 Å². The molecule has 7 nitrogen and oxygen atoms in total. The van der Waals surface area contributed by atoms with Gasteiger partial charge in [0.1, 0.15) is 18.5 Å². The Morgan fingerprint density at radius 2 is 1.49 bits per heavy atom. The standard InChI is InChI=1S/C27H30N2O5S/c1-21-7-13-26(14-8-21)35(32,33)29-17-15-28(16-18-29)19-24(30)20-34-25-11-9-23(10-12-25)27(31)22-5-3-2-4-6-22/h2-14,24,30H,15-20H2,1H3/t24-/m0/s1. The first kappa shape index (κ1) is 25.1. The fraction of sp³-hybridized carbons (Fsp3) is 0.296. The molecule has 0 unspecified atom stereocenters. The highest BCUT2D eigenvalue weighted by Gasteiger charge is 2.29. The molecule has 8 heteroatoms. The van der Waals surface area contributed by atoms with E-state index in [-0.39, 0.29) is 12.4 Å². The Hall–Kier alpha value is -3.04. The highest BCUT2D eigenvalue weighted by atomic mass is 32.2. The van der Waals surface area contributed by atoms with Crippen LogP contribution in [0.25, 0.3) is 0 Å². The summed E-state index contributed by atoms with van der Waals surface area (Å²) in [5.41, 5.74) is 2.22. The summed E-state index contributed by atoms with van der Waals surface area (Å²) >= 11 is 0. The predicted molar refractivity (Wildman–Crippen MR) is 134 cm³/mol. The van der Waals surface area contributed by atoms with Crippen LogP contribution in [-0.4, -0.2) is 73.9 Å². The van der Waals surface area contributed by atoms with E-state index in [0.717, 1.165) is 5.56 Å². The Morgan fingerprint density at radius 3 is 2.11 bits per heavy atom. The number of benzene rings is 3. The predicted octanol–water partition coefficient (Wildman–Crippen LogP) is 2.97. The van der Waals surface area contributed by atoms with Crippen molar-refractivity contribution in [3.8, 4) is 5.75 Å². The average Bonchev–Trinajstić information content (AvgIpc) is 2.88. The van der Waals surface area contributed by atoms with Crippen LogP contribution in [-0.2, 0) is 10.0 Å². The monoisotopic (exact) mass is 494 g/mol. The zero-order chi connectivity index (χ0) is 24.8. The van der Waals surface area contributed by atoms with E-state index in [1.54, 1.807) is 60.7 Å². The Morgan fingerprint density at radius 1 is 0.886 bits per heavy atom. The molecule has 1 saturated heterocycles. The third-order valence-corrected chi connectivity index (χ3v) is 7.97. The van der Waals surface area contributed by atoms with Gasteiger partial charge in [-0.15, -0.1) is 0 Å². The first-order valence-corrected chi connectivity index (χ1v) is 13.1. The number of ketones is 1.